The average molecular weight is 330 g/mol. The number of hydrogen-bond donors (Lipinski definition) is 0. The summed E-state index contributed by atoms with van der Waals surface area (Å²) in [6, 6.07) is 6.79. The quantitative estimate of drug-likeness (QED) is 0.748. The molecule has 0 aromatic carbocycles. The van der Waals surface area contributed by atoms with Crippen molar-refractivity contribution in [3.05, 3.63) is 54.2 Å². The Labute approximate surface area is 139 Å². The first-order valence-electron chi connectivity index (χ1n) is 7.82. The highest BCUT2D eigenvalue weighted by Gasteiger charge is 2.24. The van der Waals surface area contributed by atoms with Gasteiger partial charge in [-0.15, -0.1) is 0 Å². The molecular weight excluding hydrogens is 311 g/mol. The van der Waals surface area contributed by atoms with Crippen molar-refractivity contribution in [2.75, 3.05) is 31.1 Å². The van der Waals surface area contributed by atoms with E-state index in [1.54, 1.807) is 18.5 Å². The van der Waals surface area contributed by atoms with Crippen LogP contribution in [0.25, 0.3) is 0 Å². The lowest BCUT2D eigenvalue weighted by molar-refractivity contribution is -0.133. The fourth-order valence-electron chi connectivity index (χ4n) is 2.65. The van der Waals surface area contributed by atoms with Crippen LogP contribution in [-0.2, 0) is 16.1 Å². The van der Waals surface area contributed by atoms with E-state index in [0.717, 1.165) is 17.7 Å². The number of pyridine rings is 2. The van der Waals surface area contributed by atoms with Crippen molar-refractivity contribution in [3.63, 3.8) is 0 Å². The molecule has 1 atom stereocenters. The van der Waals surface area contributed by atoms with Crippen molar-refractivity contribution in [1.82, 2.24) is 14.9 Å². The number of piperazine rings is 1. The Bertz CT molecular complexity index is 645. The summed E-state index contributed by atoms with van der Waals surface area (Å²) >= 11 is 0. The zero-order valence-corrected chi connectivity index (χ0v) is 13.2. The molecule has 0 spiro atoms. The first-order valence-corrected chi connectivity index (χ1v) is 7.82. The molecule has 2 aromatic heterocycles. The molecule has 0 bridgehead atoms. The van der Waals surface area contributed by atoms with E-state index in [9.17, 15) is 9.18 Å². The van der Waals surface area contributed by atoms with Gasteiger partial charge >= 0.3 is 0 Å². The van der Waals surface area contributed by atoms with Crippen molar-refractivity contribution in [1.29, 1.82) is 0 Å². The van der Waals surface area contributed by atoms with Gasteiger partial charge in [-0.2, -0.15) is 0 Å². The molecular formula is C17H19FN4O2. The fourth-order valence-corrected chi connectivity index (χ4v) is 2.65. The lowest BCUT2D eigenvalue weighted by atomic mass is 10.3. The number of ether oxygens (including phenoxy) is 1. The number of rotatable bonds is 6. The van der Waals surface area contributed by atoms with Gasteiger partial charge in [-0.3, -0.25) is 14.7 Å². The van der Waals surface area contributed by atoms with Gasteiger partial charge in [0.2, 0.25) is 0 Å². The van der Waals surface area contributed by atoms with E-state index in [2.05, 4.69) is 14.9 Å². The van der Waals surface area contributed by atoms with Gasteiger partial charge in [-0.25, -0.2) is 9.37 Å². The predicted molar refractivity (Wildman–Crippen MR) is 86.9 cm³/mol. The van der Waals surface area contributed by atoms with Gasteiger partial charge in [0.15, 0.2) is 12.5 Å². The number of nitrogens with zero attached hydrogens (tertiary/aromatic N) is 4. The molecule has 1 aliphatic heterocycles. The summed E-state index contributed by atoms with van der Waals surface area (Å²) in [4.78, 5) is 23.5. The highest BCUT2D eigenvalue weighted by Crippen LogP contribution is 2.15. The Kier molecular flexibility index (Phi) is 5.45. The van der Waals surface area contributed by atoms with Gasteiger partial charge in [-0.1, -0.05) is 0 Å². The summed E-state index contributed by atoms with van der Waals surface area (Å²) in [5.74, 6) is 0.402. The summed E-state index contributed by atoms with van der Waals surface area (Å²) < 4.78 is 18.7. The van der Waals surface area contributed by atoms with Gasteiger partial charge in [0.1, 0.15) is 11.6 Å². The third-order valence-corrected chi connectivity index (χ3v) is 4.00. The number of aldehydes is 1. The molecule has 3 rings (SSSR count). The van der Waals surface area contributed by atoms with E-state index in [4.69, 9.17) is 4.74 Å². The lowest BCUT2D eigenvalue weighted by Crippen LogP contribution is -2.51. The average Bonchev–Trinajstić information content (AvgIpc) is 2.64. The van der Waals surface area contributed by atoms with Crippen LogP contribution in [0.3, 0.4) is 0 Å². The summed E-state index contributed by atoms with van der Waals surface area (Å²) in [5.41, 5.74) is 0.978. The first kappa shape index (κ1) is 16.5. The molecule has 0 saturated carbocycles. The summed E-state index contributed by atoms with van der Waals surface area (Å²) in [5, 5.41) is 0. The molecule has 3 heterocycles. The van der Waals surface area contributed by atoms with Gasteiger partial charge < -0.3 is 9.64 Å². The van der Waals surface area contributed by atoms with Crippen LogP contribution in [0.15, 0.2) is 42.9 Å². The molecule has 0 aliphatic carbocycles. The van der Waals surface area contributed by atoms with Gasteiger partial charge in [0.25, 0.3) is 0 Å². The van der Waals surface area contributed by atoms with Crippen LogP contribution in [0.1, 0.15) is 5.56 Å². The largest absolute Gasteiger partial charge is 0.354 e. The molecule has 2 aromatic rings. The molecule has 24 heavy (non-hydrogen) atoms. The van der Waals surface area contributed by atoms with Crippen molar-refractivity contribution < 1.29 is 13.9 Å². The topological polar surface area (TPSA) is 58.6 Å². The van der Waals surface area contributed by atoms with Crippen LogP contribution < -0.4 is 4.90 Å². The molecule has 0 N–H and O–H groups in total. The SMILES string of the molecule is O=CC(OCc1ccncc1)N1CCN(c2ccc(F)cn2)CC1. The second-order valence-electron chi connectivity index (χ2n) is 5.55. The van der Waals surface area contributed by atoms with Crippen LogP contribution in [0.5, 0.6) is 0 Å². The minimum Gasteiger partial charge on any atom is -0.354 e. The van der Waals surface area contributed by atoms with Crippen molar-refractivity contribution in [2.45, 2.75) is 12.8 Å². The van der Waals surface area contributed by atoms with Gasteiger partial charge in [0, 0.05) is 38.6 Å². The highest BCUT2D eigenvalue weighted by molar-refractivity contribution is 5.55. The number of halogens is 1. The Balaban J connectivity index is 1.52. The van der Waals surface area contributed by atoms with Crippen LogP contribution in [-0.4, -0.2) is 53.6 Å². The molecule has 7 heteroatoms. The molecule has 1 fully saturated rings. The number of carbonyl (C=O) groups excluding carboxylic acids is 1. The number of aromatic nitrogens is 2. The van der Waals surface area contributed by atoms with Crippen LogP contribution in [0, 0.1) is 5.82 Å². The van der Waals surface area contributed by atoms with Crippen molar-refractivity contribution in [2.24, 2.45) is 0 Å². The molecule has 0 amide bonds. The number of hydrogen-bond acceptors (Lipinski definition) is 6. The zero-order valence-electron chi connectivity index (χ0n) is 13.2. The molecule has 1 unspecified atom stereocenters. The lowest BCUT2D eigenvalue weighted by Gasteiger charge is -2.37. The maximum Gasteiger partial charge on any atom is 0.167 e. The third kappa shape index (κ3) is 4.12. The predicted octanol–water partition coefficient (Wildman–Crippen LogP) is 1.48. The maximum absolute atomic E-state index is 12.9. The van der Waals surface area contributed by atoms with E-state index in [-0.39, 0.29) is 5.82 Å². The molecule has 126 valence electrons. The van der Waals surface area contributed by atoms with Crippen LogP contribution in [0.4, 0.5) is 10.2 Å². The monoisotopic (exact) mass is 330 g/mol. The van der Waals surface area contributed by atoms with Gasteiger partial charge in [0.05, 0.1) is 12.8 Å². The first-order chi connectivity index (χ1) is 11.8. The summed E-state index contributed by atoms with van der Waals surface area (Å²) in [7, 11) is 0. The minimum atomic E-state index is -0.568. The third-order valence-electron chi connectivity index (χ3n) is 4.00. The van der Waals surface area contributed by atoms with Crippen LogP contribution >= 0.6 is 0 Å². The zero-order chi connectivity index (χ0) is 16.8. The molecule has 1 saturated heterocycles. The molecule has 1 aliphatic rings. The van der Waals surface area contributed by atoms with Crippen molar-refractivity contribution in [3.8, 4) is 0 Å². The number of anilines is 1. The van der Waals surface area contributed by atoms with E-state index in [0.29, 0.717) is 32.8 Å². The Morgan fingerprint density at radius 2 is 1.92 bits per heavy atom. The summed E-state index contributed by atoms with van der Waals surface area (Å²) in [6.07, 6.45) is 4.87. The van der Waals surface area contributed by atoms with Crippen LogP contribution in [0.2, 0.25) is 0 Å². The summed E-state index contributed by atoms with van der Waals surface area (Å²) in [6.45, 7) is 3.15. The second kappa shape index (κ2) is 7.94. The van der Waals surface area contributed by atoms with Crippen molar-refractivity contribution >= 4 is 12.1 Å². The molecule has 6 nitrogen and oxygen atoms in total. The highest BCUT2D eigenvalue weighted by atomic mass is 19.1. The fraction of sp³-hybridized carbons (Fsp3) is 0.353. The Morgan fingerprint density at radius 1 is 1.17 bits per heavy atom. The standard InChI is InChI=1S/C17H19FN4O2/c18-15-1-2-16(20-11-15)21-7-9-22(10-8-21)17(12-23)24-13-14-3-5-19-6-4-14/h1-6,11-12,17H,7-10,13H2. The molecule has 0 radical (unpaired) electrons. The Morgan fingerprint density at radius 3 is 2.54 bits per heavy atom. The van der Waals surface area contributed by atoms with Gasteiger partial charge in [-0.05, 0) is 29.8 Å². The number of carbonyl (C=O) groups is 1. The smallest absolute Gasteiger partial charge is 0.167 e. The van der Waals surface area contributed by atoms with E-state index < -0.39 is 6.23 Å². The maximum atomic E-state index is 12.9. The normalized spacial score (nSPS) is 16.8. The van der Waals surface area contributed by atoms with E-state index in [1.165, 1.54) is 12.3 Å². The second-order valence-corrected chi connectivity index (χ2v) is 5.55. The minimum absolute atomic E-state index is 0.345. The Hall–Kier alpha value is -2.38. The van der Waals surface area contributed by atoms with E-state index >= 15 is 0 Å². The van der Waals surface area contributed by atoms with E-state index in [1.807, 2.05) is 17.0 Å².